The van der Waals surface area contributed by atoms with Gasteiger partial charge in [-0.1, -0.05) is 19.3 Å². The molecule has 2 nitrogen and oxygen atoms in total. The highest BCUT2D eigenvalue weighted by Crippen LogP contribution is 2.18. The van der Waals surface area contributed by atoms with Crippen LogP contribution in [0.15, 0.2) is 18.2 Å². The minimum atomic E-state index is -5.30. The molecule has 0 N–H and O–H groups in total. The van der Waals surface area contributed by atoms with Gasteiger partial charge in [0, 0.05) is 6.61 Å². The highest BCUT2D eigenvalue weighted by molar-refractivity contribution is 6.74. The van der Waals surface area contributed by atoms with Gasteiger partial charge in [0.2, 0.25) is 0 Å². The first-order valence-corrected chi connectivity index (χ1v) is 6.00. The van der Waals surface area contributed by atoms with Crippen LogP contribution in [0.3, 0.4) is 0 Å². The molecule has 0 aliphatic heterocycles. The van der Waals surface area contributed by atoms with Crippen molar-refractivity contribution in [1.29, 1.82) is 0 Å². The molecule has 19 heavy (non-hydrogen) atoms. The molecule has 108 valence electrons. The first-order chi connectivity index (χ1) is 8.80. The first-order valence-electron chi connectivity index (χ1n) is 6.00. The van der Waals surface area contributed by atoms with Gasteiger partial charge in [-0.25, -0.2) is 4.39 Å². The summed E-state index contributed by atoms with van der Waals surface area (Å²) in [6.45, 7) is -0.664. The van der Waals surface area contributed by atoms with E-state index >= 15 is 0 Å². The Labute approximate surface area is 109 Å². The van der Waals surface area contributed by atoms with E-state index in [0.29, 0.717) is 18.6 Å². The van der Waals surface area contributed by atoms with Crippen LogP contribution >= 0.6 is 0 Å². The summed E-state index contributed by atoms with van der Waals surface area (Å²) in [6.07, 6.45) is 0. The van der Waals surface area contributed by atoms with Gasteiger partial charge in [-0.2, -0.15) is 0 Å². The number of rotatable bonds is 7. The fraction of sp³-hybridized carbons (Fsp3) is 0.500. The lowest BCUT2D eigenvalue weighted by atomic mass is 9.79. The molecule has 0 aliphatic carbocycles. The maximum atomic E-state index is 12.8. The molecule has 1 aromatic rings. The van der Waals surface area contributed by atoms with Crippen LogP contribution in [0, 0.1) is 11.7 Å². The highest BCUT2D eigenvalue weighted by Gasteiger charge is 2.29. The Morgan fingerprint density at radius 3 is 2.42 bits per heavy atom. The Hall–Kier alpha value is -1.24. The van der Waals surface area contributed by atoms with Crippen LogP contribution in [0.25, 0.3) is 0 Å². The molecule has 1 aromatic carbocycles. The van der Waals surface area contributed by atoms with Crippen molar-refractivity contribution < 1.29 is 26.8 Å². The van der Waals surface area contributed by atoms with E-state index in [2.05, 4.69) is 0 Å². The third-order valence-electron chi connectivity index (χ3n) is 2.26. The summed E-state index contributed by atoms with van der Waals surface area (Å²) >= 11 is 0. The van der Waals surface area contributed by atoms with E-state index in [1.54, 1.807) is 0 Å². The van der Waals surface area contributed by atoms with Gasteiger partial charge in [0.05, 0.1) is 12.4 Å². The molecule has 0 fully saturated rings. The molecule has 0 aromatic heterocycles. The third-order valence-corrected chi connectivity index (χ3v) is 2.26. The molecule has 0 atom stereocenters. The van der Waals surface area contributed by atoms with Gasteiger partial charge in [0.15, 0.2) is 0 Å². The lowest BCUT2D eigenvalue weighted by Gasteiger charge is -2.20. The van der Waals surface area contributed by atoms with Crippen molar-refractivity contribution in [2.45, 2.75) is 13.8 Å². The smallest absolute Gasteiger partial charge is 0.494 e. The van der Waals surface area contributed by atoms with E-state index < -0.39 is 18.3 Å². The zero-order valence-electron chi connectivity index (χ0n) is 10.8. The quantitative estimate of drug-likeness (QED) is 0.434. The Kier molecular flexibility index (Phi) is 5.66. The number of benzene rings is 1. The lowest BCUT2D eigenvalue weighted by Crippen LogP contribution is -2.36. The minimum absolute atomic E-state index is 0.00247. The van der Waals surface area contributed by atoms with Gasteiger partial charge in [-0.3, -0.25) is 0 Å². The van der Waals surface area contributed by atoms with Crippen molar-refractivity contribution in [3.8, 4) is 5.75 Å². The average Bonchev–Trinajstić information content (AvgIpc) is 2.28. The largest absolute Gasteiger partial charge is 0.513 e. The summed E-state index contributed by atoms with van der Waals surface area (Å²) in [5.41, 5.74) is -1.05. The fourth-order valence-corrected chi connectivity index (χ4v) is 1.44. The van der Waals surface area contributed by atoms with Crippen molar-refractivity contribution in [1.82, 2.24) is 0 Å². The van der Waals surface area contributed by atoms with Crippen molar-refractivity contribution in [2.75, 3.05) is 19.8 Å². The third kappa shape index (κ3) is 5.51. The molecule has 0 amide bonds. The molecule has 0 radical (unpaired) electrons. The standard InChI is InChI=1S/C12H16BF4O2/c1-9(2)8-18-5-6-19-12-4-3-10(14)7-11(12)13(15,16)17/h3-4,7,9H,5-6,8H2,1-2H3/q-1. The molecule has 7 heteroatoms. The molecule has 0 spiro atoms. The first kappa shape index (κ1) is 15.8. The molecule has 0 unspecified atom stereocenters. The van der Waals surface area contributed by atoms with E-state index in [1.807, 2.05) is 13.8 Å². The molecule has 0 saturated carbocycles. The number of ether oxygens (including phenoxy) is 2. The van der Waals surface area contributed by atoms with Crippen molar-refractivity contribution in [3.63, 3.8) is 0 Å². The normalized spacial score (nSPS) is 11.9. The van der Waals surface area contributed by atoms with Crippen LogP contribution < -0.4 is 10.2 Å². The number of halogens is 4. The van der Waals surface area contributed by atoms with E-state index in [-0.39, 0.29) is 19.0 Å². The van der Waals surface area contributed by atoms with Gasteiger partial charge in [0.25, 0.3) is 0 Å². The highest BCUT2D eigenvalue weighted by atomic mass is 19.4. The zero-order chi connectivity index (χ0) is 14.5. The van der Waals surface area contributed by atoms with Crippen molar-refractivity contribution in [3.05, 3.63) is 24.0 Å². The molecular formula is C12H16BF4O2-. The van der Waals surface area contributed by atoms with Crippen LogP contribution in [0.4, 0.5) is 17.3 Å². The number of hydrogen-bond donors (Lipinski definition) is 0. The van der Waals surface area contributed by atoms with Gasteiger partial charge in [-0.15, -0.1) is 0 Å². The number of hydrogen-bond acceptors (Lipinski definition) is 2. The Morgan fingerprint density at radius 2 is 1.84 bits per heavy atom. The van der Waals surface area contributed by atoms with Crippen molar-refractivity contribution >= 4 is 12.4 Å². The van der Waals surface area contributed by atoms with E-state index in [0.717, 1.165) is 12.1 Å². The maximum absolute atomic E-state index is 12.8. The average molecular weight is 279 g/mol. The van der Waals surface area contributed by atoms with Crippen LogP contribution in [-0.2, 0) is 4.74 Å². The van der Waals surface area contributed by atoms with Crippen LogP contribution in [0.1, 0.15) is 13.8 Å². The van der Waals surface area contributed by atoms with Gasteiger partial charge in [-0.05, 0) is 24.1 Å². The summed E-state index contributed by atoms with van der Waals surface area (Å²) in [7, 11) is 0. The summed E-state index contributed by atoms with van der Waals surface area (Å²) < 4.78 is 61.1. The lowest BCUT2D eigenvalue weighted by molar-refractivity contribution is 0.0821. The minimum Gasteiger partial charge on any atom is -0.494 e. The maximum Gasteiger partial charge on any atom is 0.513 e. The zero-order valence-corrected chi connectivity index (χ0v) is 10.8. The van der Waals surface area contributed by atoms with Crippen molar-refractivity contribution in [2.24, 2.45) is 5.92 Å². The summed E-state index contributed by atoms with van der Waals surface area (Å²) in [5, 5.41) is 0. The fourth-order valence-electron chi connectivity index (χ4n) is 1.44. The summed E-state index contributed by atoms with van der Waals surface area (Å²) in [4.78, 5) is 0. The van der Waals surface area contributed by atoms with Crippen LogP contribution in [0.5, 0.6) is 5.75 Å². The second kappa shape index (κ2) is 6.79. The molecule has 0 aliphatic rings. The molecular weight excluding hydrogens is 263 g/mol. The Bertz CT molecular complexity index is 407. The molecule has 0 bridgehead atoms. The van der Waals surface area contributed by atoms with Gasteiger partial charge < -0.3 is 22.4 Å². The molecule has 0 heterocycles. The van der Waals surface area contributed by atoms with E-state index in [1.165, 1.54) is 0 Å². The summed E-state index contributed by atoms with van der Waals surface area (Å²) in [6, 6.07) is 2.38. The topological polar surface area (TPSA) is 18.5 Å². The van der Waals surface area contributed by atoms with Crippen LogP contribution in [0.2, 0.25) is 0 Å². The Balaban J connectivity index is 2.58. The molecule has 0 saturated heterocycles. The second-order valence-electron chi connectivity index (χ2n) is 4.57. The Morgan fingerprint density at radius 1 is 1.16 bits per heavy atom. The SMILES string of the molecule is CC(C)COCCOc1ccc(F)cc1[B-](F)(F)F. The van der Waals surface area contributed by atoms with Crippen LogP contribution in [-0.4, -0.2) is 26.8 Å². The van der Waals surface area contributed by atoms with E-state index in [4.69, 9.17) is 9.47 Å². The van der Waals surface area contributed by atoms with Gasteiger partial charge >= 0.3 is 6.98 Å². The predicted molar refractivity (Wildman–Crippen MR) is 66.3 cm³/mol. The summed E-state index contributed by atoms with van der Waals surface area (Å²) in [5.74, 6) is -0.945. The molecule has 1 rings (SSSR count). The van der Waals surface area contributed by atoms with Gasteiger partial charge in [0.1, 0.15) is 12.4 Å². The predicted octanol–water partition coefficient (Wildman–Crippen LogP) is 2.93. The monoisotopic (exact) mass is 279 g/mol. The van der Waals surface area contributed by atoms with E-state index in [9.17, 15) is 17.3 Å². The second-order valence-corrected chi connectivity index (χ2v) is 4.57.